The van der Waals surface area contributed by atoms with Crippen LogP contribution in [0.25, 0.3) is 10.4 Å². The normalized spacial score (nSPS) is 21.6. The van der Waals surface area contributed by atoms with Crippen LogP contribution in [-0.4, -0.2) is 20.1 Å². The van der Waals surface area contributed by atoms with Gasteiger partial charge in [-0.3, -0.25) is 0 Å². The first kappa shape index (κ1) is 21.8. The number of aliphatic hydroxyl groups is 1. The van der Waals surface area contributed by atoms with E-state index in [2.05, 4.69) is 40.2 Å². The Kier molecular flexibility index (Phi) is 5.83. The Balaban J connectivity index is 1.60. The molecule has 0 saturated heterocycles. The summed E-state index contributed by atoms with van der Waals surface area (Å²) in [5.74, 6) is 0.363. The van der Waals surface area contributed by atoms with Crippen LogP contribution in [0, 0.1) is 12.3 Å². The van der Waals surface area contributed by atoms with Crippen molar-refractivity contribution in [3.05, 3.63) is 52.9 Å². The lowest BCUT2D eigenvalue weighted by Gasteiger charge is -2.40. The number of thiazole rings is 1. The average molecular weight is 441 g/mol. The lowest BCUT2D eigenvalue weighted by atomic mass is 9.70. The van der Waals surface area contributed by atoms with Crippen LogP contribution in [0.15, 0.2) is 36.7 Å². The van der Waals surface area contributed by atoms with Crippen molar-refractivity contribution in [2.75, 3.05) is 5.32 Å². The van der Waals surface area contributed by atoms with Gasteiger partial charge in [-0.15, -0.1) is 11.3 Å². The van der Waals surface area contributed by atoms with Crippen molar-refractivity contribution in [3.63, 3.8) is 0 Å². The van der Waals surface area contributed by atoms with Crippen molar-refractivity contribution >= 4 is 23.0 Å². The molecule has 0 spiro atoms. The molecule has 7 heteroatoms. The molecule has 0 amide bonds. The number of rotatable bonds is 5. The van der Waals surface area contributed by atoms with Gasteiger partial charge in [0.05, 0.1) is 10.6 Å². The van der Waals surface area contributed by atoms with E-state index in [4.69, 9.17) is 0 Å². The summed E-state index contributed by atoms with van der Waals surface area (Å²) in [6.45, 7) is 7.91. The summed E-state index contributed by atoms with van der Waals surface area (Å²) in [6.07, 6.45) is 5.87. The van der Waals surface area contributed by atoms with Gasteiger partial charge in [-0.2, -0.15) is 0 Å². The maximum atomic E-state index is 13.6. The fourth-order valence-electron chi connectivity index (χ4n) is 4.41. The highest BCUT2D eigenvalue weighted by Crippen LogP contribution is 2.48. The maximum Gasteiger partial charge on any atom is 0.227 e. The third-order valence-electron chi connectivity index (χ3n) is 5.82. The minimum Gasteiger partial charge on any atom is -0.383 e. The highest BCUT2D eigenvalue weighted by molar-refractivity contribution is 7.15. The summed E-state index contributed by atoms with van der Waals surface area (Å²) in [6, 6.07) is 7.68. The molecule has 1 saturated carbocycles. The quantitative estimate of drug-likeness (QED) is 0.476. The number of benzene rings is 1. The first-order valence-electron chi connectivity index (χ1n) is 10.7. The summed E-state index contributed by atoms with van der Waals surface area (Å²) in [4.78, 5) is 14.1. The third-order valence-corrected chi connectivity index (χ3v) is 7.06. The van der Waals surface area contributed by atoms with E-state index in [0.29, 0.717) is 11.6 Å². The number of hydrogen-bond donors (Lipinski definition) is 2. The zero-order valence-corrected chi connectivity index (χ0v) is 19.3. The maximum absolute atomic E-state index is 13.6. The van der Waals surface area contributed by atoms with Crippen molar-refractivity contribution in [1.29, 1.82) is 0 Å². The van der Waals surface area contributed by atoms with Gasteiger partial charge in [0.1, 0.15) is 16.8 Å². The minimum atomic E-state index is -1.15. The highest BCUT2D eigenvalue weighted by atomic mass is 32.1. The summed E-state index contributed by atoms with van der Waals surface area (Å²) < 4.78 is 13.6. The molecule has 31 heavy (non-hydrogen) atoms. The van der Waals surface area contributed by atoms with Gasteiger partial charge in [-0.1, -0.05) is 19.9 Å². The first-order valence-corrected chi connectivity index (χ1v) is 11.5. The molecular formula is C24H29FN4OS. The molecule has 1 aliphatic carbocycles. The van der Waals surface area contributed by atoms with Gasteiger partial charge in [0.25, 0.3) is 0 Å². The summed E-state index contributed by atoms with van der Waals surface area (Å²) in [5, 5.41) is 15.3. The van der Waals surface area contributed by atoms with Gasteiger partial charge >= 0.3 is 0 Å². The zero-order chi connectivity index (χ0) is 22.2. The number of hydrogen-bond acceptors (Lipinski definition) is 6. The van der Waals surface area contributed by atoms with Crippen molar-refractivity contribution < 1.29 is 9.50 Å². The highest BCUT2D eigenvalue weighted by Gasteiger charge is 2.41. The van der Waals surface area contributed by atoms with Gasteiger partial charge in [-0.05, 0) is 74.3 Å². The molecule has 5 nitrogen and oxygen atoms in total. The van der Waals surface area contributed by atoms with Gasteiger partial charge < -0.3 is 10.4 Å². The largest absolute Gasteiger partial charge is 0.383 e. The zero-order valence-electron chi connectivity index (χ0n) is 18.4. The smallest absolute Gasteiger partial charge is 0.227 e. The summed E-state index contributed by atoms with van der Waals surface area (Å²) >= 11 is 1.55. The number of halogens is 1. The predicted octanol–water partition coefficient (Wildman–Crippen LogP) is 6.47. The van der Waals surface area contributed by atoms with E-state index in [0.717, 1.165) is 52.4 Å². The van der Waals surface area contributed by atoms with E-state index in [1.165, 1.54) is 6.92 Å². The van der Waals surface area contributed by atoms with Crippen LogP contribution < -0.4 is 5.32 Å². The van der Waals surface area contributed by atoms with Crippen LogP contribution in [-0.2, 0) is 5.60 Å². The van der Waals surface area contributed by atoms with Crippen molar-refractivity contribution in [3.8, 4) is 10.4 Å². The Morgan fingerprint density at radius 2 is 2.00 bits per heavy atom. The molecule has 2 aromatic heterocycles. The first-order chi connectivity index (χ1) is 14.6. The Morgan fingerprint density at radius 1 is 1.19 bits per heavy atom. The van der Waals surface area contributed by atoms with Crippen molar-refractivity contribution in [2.45, 2.75) is 65.2 Å². The fourth-order valence-corrected chi connectivity index (χ4v) is 5.43. The molecule has 164 valence electrons. The van der Waals surface area contributed by atoms with E-state index < -0.39 is 11.8 Å². The lowest BCUT2D eigenvalue weighted by Crippen LogP contribution is -2.36. The third kappa shape index (κ3) is 4.93. The molecule has 1 aromatic carbocycles. The second-order valence-electron chi connectivity index (χ2n) is 9.39. The molecule has 3 aromatic rings. The van der Waals surface area contributed by atoms with Crippen LogP contribution in [0.1, 0.15) is 68.9 Å². The van der Waals surface area contributed by atoms with Gasteiger partial charge in [0.15, 0.2) is 0 Å². The number of anilines is 2. The van der Waals surface area contributed by atoms with E-state index >= 15 is 0 Å². The molecule has 2 heterocycles. The van der Waals surface area contributed by atoms with E-state index in [-0.39, 0.29) is 5.41 Å². The van der Waals surface area contributed by atoms with E-state index in [1.54, 1.807) is 23.6 Å². The number of aromatic nitrogens is 3. The Bertz CT molecular complexity index is 1080. The van der Waals surface area contributed by atoms with Crippen LogP contribution in [0.3, 0.4) is 0 Å². The molecule has 2 atom stereocenters. The van der Waals surface area contributed by atoms with Crippen LogP contribution in [0.2, 0.25) is 0 Å². The van der Waals surface area contributed by atoms with Crippen LogP contribution >= 0.6 is 11.3 Å². The average Bonchev–Trinajstić information content (AvgIpc) is 3.18. The minimum absolute atomic E-state index is 0.116. The van der Waals surface area contributed by atoms with Gasteiger partial charge in [-0.25, -0.2) is 19.3 Å². The number of alkyl halides is 1. The number of nitrogens with zero attached hydrogens (tertiary/aromatic N) is 3. The SMILES string of the molecule is Cc1cc(Nc2nccc([C@H](C)F)n2)cc(-c2cnc([C@@]3(O)CCCC(C)(C)C3)s2)c1. The lowest BCUT2D eigenvalue weighted by molar-refractivity contribution is -0.0441. The summed E-state index contributed by atoms with van der Waals surface area (Å²) in [5.41, 5.74) is 2.52. The Hall–Kier alpha value is -2.38. The number of nitrogens with one attached hydrogen (secondary N) is 1. The Morgan fingerprint density at radius 3 is 2.74 bits per heavy atom. The number of aryl methyl sites for hydroxylation is 1. The second-order valence-corrected chi connectivity index (χ2v) is 10.4. The van der Waals surface area contributed by atoms with E-state index in [1.807, 2.05) is 25.3 Å². The predicted molar refractivity (Wildman–Crippen MR) is 123 cm³/mol. The molecule has 2 N–H and O–H groups in total. The molecule has 0 bridgehead atoms. The second kappa shape index (κ2) is 8.28. The molecular weight excluding hydrogens is 411 g/mol. The topological polar surface area (TPSA) is 70.9 Å². The fraction of sp³-hybridized carbons (Fsp3) is 0.458. The molecule has 0 aliphatic heterocycles. The van der Waals surface area contributed by atoms with Crippen LogP contribution in [0.4, 0.5) is 16.0 Å². The Labute approximate surface area is 186 Å². The van der Waals surface area contributed by atoms with Gasteiger partial charge in [0, 0.05) is 18.1 Å². The van der Waals surface area contributed by atoms with Crippen LogP contribution in [0.5, 0.6) is 0 Å². The monoisotopic (exact) mass is 440 g/mol. The standard InChI is InChI=1S/C24H29FN4OS/c1-15-10-17(12-18(11-15)28-22-26-9-6-19(29-22)16(2)25)20-13-27-21(31-20)24(30)8-5-7-23(3,4)14-24/h6,9-13,16,30H,5,7-8,14H2,1-4H3,(H,26,28,29)/t16-,24+/m0/s1. The van der Waals surface area contributed by atoms with Crippen molar-refractivity contribution in [2.24, 2.45) is 5.41 Å². The molecule has 1 aliphatic rings. The van der Waals surface area contributed by atoms with Crippen molar-refractivity contribution in [1.82, 2.24) is 15.0 Å². The molecule has 4 rings (SSSR count). The molecule has 0 radical (unpaired) electrons. The van der Waals surface area contributed by atoms with Gasteiger partial charge in [0.2, 0.25) is 5.95 Å². The van der Waals surface area contributed by atoms with E-state index in [9.17, 15) is 9.50 Å². The summed E-state index contributed by atoms with van der Waals surface area (Å²) in [7, 11) is 0. The molecule has 1 fully saturated rings. The molecule has 0 unspecified atom stereocenters.